The second-order valence-electron chi connectivity index (χ2n) is 5.14. The van der Waals surface area contributed by atoms with Crippen LogP contribution in [0.5, 0.6) is 0 Å². The summed E-state index contributed by atoms with van der Waals surface area (Å²) in [6.45, 7) is 9.35. The Morgan fingerprint density at radius 3 is 2.89 bits per heavy atom. The normalized spacial score (nSPS) is 22.4. The van der Waals surface area contributed by atoms with Crippen LogP contribution in [-0.4, -0.2) is 36.7 Å². The molecular weight excluding hydrogens is 244 g/mol. The van der Waals surface area contributed by atoms with Gasteiger partial charge in [0, 0.05) is 31.6 Å². The molecule has 0 spiro atoms. The third kappa shape index (κ3) is 6.64. The van der Waals surface area contributed by atoms with E-state index in [0.717, 1.165) is 31.3 Å². The number of nitrogens with zero attached hydrogens (tertiary/aromatic N) is 1. The first-order chi connectivity index (χ1) is 8.74. The van der Waals surface area contributed by atoms with Gasteiger partial charge in [0.1, 0.15) is 0 Å². The maximum atomic E-state index is 5.53. The van der Waals surface area contributed by atoms with Crippen molar-refractivity contribution in [3.63, 3.8) is 0 Å². The van der Waals surface area contributed by atoms with E-state index in [2.05, 4.69) is 31.1 Å². The Kier molecular flexibility index (Phi) is 8.51. The van der Waals surface area contributed by atoms with Crippen molar-refractivity contribution in [3.8, 4) is 0 Å². The number of aliphatic imine (C=N–C) groups is 1. The van der Waals surface area contributed by atoms with E-state index >= 15 is 0 Å². The molecule has 0 radical (unpaired) electrons. The molecule has 3 nitrogen and oxygen atoms in total. The van der Waals surface area contributed by atoms with Crippen LogP contribution in [0.4, 0.5) is 0 Å². The zero-order chi connectivity index (χ0) is 13.2. The topological polar surface area (TPSA) is 33.6 Å². The molecule has 1 N–H and O–H groups in total. The molecule has 1 fully saturated rings. The lowest BCUT2D eigenvalue weighted by atomic mass is 10.0. The van der Waals surface area contributed by atoms with Gasteiger partial charge < -0.3 is 10.1 Å². The second kappa shape index (κ2) is 9.68. The Hall–Kier alpha value is -0.220. The fourth-order valence-electron chi connectivity index (χ4n) is 1.84. The Labute approximate surface area is 116 Å². The summed E-state index contributed by atoms with van der Waals surface area (Å²) >= 11 is 1.85. The molecule has 1 unspecified atom stereocenters. The van der Waals surface area contributed by atoms with Crippen molar-refractivity contribution >= 4 is 16.9 Å². The number of amidine groups is 1. The highest BCUT2D eigenvalue weighted by Crippen LogP contribution is 2.18. The van der Waals surface area contributed by atoms with Crippen LogP contribution in [0.15, 0.2) is 4.99 Å². The highest BCUT2D eigenvalue weighted by Gasteiger charge is 2.19. The lowest BCUT2D eigenvalue weighted by molar-refractivity contribution is 0.130. The molecule has 0 aromatic carbocycles. The number of thioether (sulfide) groups is 1. The van der Waals surface area contributed by atoms with Gasteiger partial charge in [-0.3, -0.25) is 4.99 Å². The standard InChI is InChI=1S/C14H28N2OS/c1-4-5-9-17-10-6-8-15-14-16-13(12(2)3)7-11-18-14/h12-13H,4-11H2,1-3H3,(H,15,16). The smallest absolute Gasteiger partial charge is 0.156 e. The molecule has 0 aromatic rings. The fourth-order valence-corrected chi connectivity index (χ4v) is 2.82. The van der Waals surface area contributed by atoms with Gasteiger partial charge in [0.15, 0.2) is 5.17 Å². The molecule has 1 saturated heterocycles. The molecule has 4 heteroatoms. The van der Waals surface area contributed by atoms with Crippen LogP contribution in [0.1, 0.15) is 46.5 Å². The quantitative estimate of drug-likeness (QED) is 0.688. The van der Waals surface area contributed by atoms with Gasteiger partial charge in [0.25, 0.3) is 0 Å². The minimum Gasteiger partial charge on any atom is -0.381 e. The average Bonchev–Trinajstić information content (AvgIpc) is 2.38. The van der Waals surface area contributed by atoms with E-state index < -0.39 is 0 Å². The van der Waals surface area contributed by atoms with Gasteiger partial charge in [-0.1, -0.05) is 39.0 Å². The summed E-state index contributed by atoms with van der Waals surface area (Å²) < 4.78 is 5.53. The van der Waals surface area contributed by atoms with Gasteiger partial charge in [-0.15, -0.1) is 0 Å². The van der Waals surface area contributed by atoms with Crippen molar-refractivity contribution in [1.29, 1.82) is 0 Å². The number of hydrogen-bond donors (Lipinski definition) is 1. The summed E-state index contributed by atoms with van der Waals surface area (Å²) in [7, 11) is 0. The maximum Gasteiger partial charge on any atom is 0.156 e. The first kappa shape index (κ1) is 15.8. The van der Waals surface area contributed by atoms with Crippen molar-refractivity contribution in [2.24, 2.45) is 10.9 Å². The van der Waals surface area contributed by atoms with Crippen LogP contribution in [0.25, 0.3) is 0 Å². The monoisotopic (exact) mass is 272 g/mol. The van der Waals surface area contributed by atoms with Gasteiger partial charge in [-0.2, -0.15) is 0 Å². The Morgan fingerprint density at radius 1 is 1.39 bits per heavy atom. The van der Waals surface area contributed by atoms with Crippen LogP contribution in [-0.2, 0) is 4.74 Å². The third-order valence-electron chi connectivity index (χ3n) is 3.13. The zero-order valence-electron chi connectivity index (χ0n) is 12.1. The van der Waals surface area contributed by atoms with Gasteiger partial charge in [-0.25, -0.2) is 0 Å². The first-order valence-electron chi connectivity index (χ1n) is 7.25. The summed E-state index contributed by atoms with van der Waals surface area (Å²) in [6, 6.07) is 0.603. The zero-order valence-corrected chi connectivity index (χ0v) is 12.9. The highest BCUT2D eigenvalue weighted by atomic mass is 32.2. The Balaban J connectivity index is 2.10. The Morgan fingerprint density at radius 2 is 2.17 bits per heavy atom. The van der Waals surface area contributed by atoms with Crippen molar-refractivity contribution in [1.82, 2.24) is 5.32 Å². The van der Waals surface area contributed by atoms with Crippen LogP contribution in [0.2, 0.25) is 0 Å². The highest BCUT2D eigenvalue weighted by molar-refractivity contribution is 8.13. The van der Waals surface area contributed by atoms with E-state index in [4.69, 9.17) is 4.74 Å². The molecule has 106 valence electrons. The van der Waals surface area contributed by atoms with Crippen molar-refractivity contribution in [3.05, 3.63) is 0 Å². The number of unbranched alkanes of at least 4 members (excludes halogenated alkanes) is 1. The van der Waals surface area contributed by atoms with E-state index in [0.29, 0.717) is 12.0 Å². The van der Waals surface area contributed by atoms with Gasteiger partial charge in [0.2, 0.25) is 0 Å². The van der Waals surface area contributed by atoms with Crippen LogP contribution < -0.4 is 5.32 Å². The predicted molar refractivity (Wildman–Crippen MR) is 81.5 cm³/mol. The van der Waals surface area contributed by atoms with E-state index in [1.54, 1.807) is 0 Å². The fraction of sp³-hybridized carbons (Fsp3) is 0.929. The molecule has 0 bridgehead atoms. The van der Waals surface area contributed by atoms with E-state index in [9.17, 15) is 0 Å². The third-order valence-corrected chi connectivity index (χ3v) is 4.09. The predicted octanol–water partition coefficient (Wildman–Crippen LogP) is 3.30. The van der Waals surface area contributed by atoms with Crippen LogP contribution >= 0.6 is 11.8 Å². The lowest BCUT2D eigenvalue weighted by Gasteiger charge is -2.28. The van der Waals surface area contributed by atoms with Crippen molar-refractivity contribution in [2.75, 3.05) is 25.5 Å². The average molecular weight is 272 g/mol. The molecule has 0 saturated carbocycles. The van der Waals surface area contributed by atoms with E-state index in [1.165, 1.54) is 25.0 Å². The number of hydrogen-bond acceptors (Lipinski definition) is 3. The first-order valence-corrected chi connectivity index (χ1v) is 8.24. The van der Waals surface area contributed by atoms with E-state index in [-0.39, 0.29) is 0 Å². The molecular formula is C14H28N2OS. The van der Waals surface area contributed by atoms with Gasteiger partial charge >= 0.3 is 0 Å². The molecule has 0 aromatic heterocycles. The molecule has 1 aliphatic rings. The summed E-state index contributed by atoms with van der Waals surface area (Å²) in [5, 5.41) is 4.67. The summed E-state index contributed by atoms with van der Waals surface area (Å²) in [5.41, 5.74) is 0. The van der Waals surface area contributed by atoms with Crippen molar-refractivity contribution < 1.29 is 4.74 Å². The summed E-state index contributed by atoms with van der Waals surface area (Å²) in [4.78, 5) is 4.62. The van der Waals surface area contributed by atoms with Crippen molar-refractivity contribution in [2.45, 2.75) is 52.5 Å². The SMILES string of the molecule is CCCCOCCCN=C1NC(C(C)C)CCS1. The molecule has 1 heterocycles. The number of ether oxygens (including phenoxy) is 1. The molecule has 1 aliphatic heterocycles. The van der Waals surface area contributed by atoms with E-state index in [1.807, 2.05) is 11.8 Å². The molecule has 18 heavy (non-hydrogen) atoms. The largest absolute Gasteiger partial charge is 0.381 e. The Bertz CT molecular complexity index is 244. The summed E-state index contributed by atoms with van der Waals surface area (Å²) in [6.07, 6.45) is 4.66. The van der Waals surface area contributed by atoms with Crippen LogP contribution in [0.3, 0.4) is 0 Å². The van der Waals surface area contributed by atoms with Crippen LogP contribution in [0, 0.1) is 5.92 Å². The molecule has 0 aliphatic carbocycles. The number of nitrogens with one attached hydrogen (secondary N) is 1. The molecule has 1 rings (SSSR count). The second-order valence-corrected chi connectivity index (χ2v) is 6.22. The minimum atomic E-state index is 0.603. The van der Waals surface area contributed by atoms with Gasteiger partial charge in [0.05, 0.1) is 0 Å². The lowest BCUT2D eigenvalue weighted by Crippen LogP contribution is -2.41. The summed E-state index contributed by atoms with van der Waals surface area (Å²) in [5.74, 6) is 1.88. The van der Waals surface area contributed by atoms with Gasteiger partial charge in [-0.05, 0) is 25.2 Å². The minimum absolute atomic E-state index is 0.603. The maximum absolute atomic E-state index is 5.53. The molecule has 1 atom stereocenters. The number of rotatable bonds is 8. The molecule has 0 amide bonds.